The van der Waals surface area contributed by atoms with Gasteiger partial charge in [0.25, 0.3) is 0 Å². The zero-order valence-electron chi connectivity index (χ0n) is 8.29. The van der Waals surface area contributed by atoms with Gasteiger partial charge >= 0.3 is 11.5 Å². The summed E-state index contributed by atoms with van der Waals surface area (Å²) in [5.41, 5.74) is 0. The predicted molar refractivity (Wildman–Crippen MR) is 51.3 cm³/mol. The first-order valence-electron chi connectivity index (χ1n) is 4.54. The molecule has 0 atom stereocenters. The Morgan fingerprint density at radius 1 is 0.917 bits per heavy atom. The van der Waals surface area contributed by atoms with Crippen molar-refractivity contribution < 1.29 is 4.42 Å². The van der Waals surface area contributed by atoms with E-state index in [1.807, 2.05) is 12.1 Å². The summed E-state index contributed by atoms with van der Waals surface area (Å²) in [4.78, 5) is 0. The average molecular weight is 165 g/mol. The third-order valence-electron chi connectivity index (χ3n) is 1.89. The van der Waals surface area contributed by atoms with E-state index in [2.05, 4.69) is 33.8 Å². The van der Waals surface area contributed by atoms with Crippen molar-refractivity contribution in [2.75, 3.05) is 0 Å². The van der Waals surface area contributed by atoms with Crippen molar-refractivity contribution in [3.05, 3.63) is 29.7 Å². The number of hydrogen-bond donors (Lipinski definition) is 0. The van der Waals surface area contributed by atoms with Gasteiger partial charge in [0.1, 0.15) is 0 Å². The molecule has 0 bridgehead atoms. The van der Waals surface area contributed by atoms with Crippen molar-refractivity contribution in [1.29, 1.82) is 0 Å². The fraction of sp³-hybridized carbons (Fsp3) is 0.545. The number of hydrogen-bond acceptors (Lipinski definition) is 0. The van der Waals surface area contributed by atoms with Crippen LogP contribution in [0.1, 0.15) is 51.1 Å². The highest BCUT2D eigenvalue weighted by Crippen LogP contribution is 2.20. The Labute approximate surface area is 74.4 Å². The van der Waals surface area contributed by atoms with E-state index in [0.717, 1.165) is 11.5 Å². The minimum absolute atomic E-state index is 0.476. The SMILES string of the molecule is CC(C)c1cccc(C(C)C)[o+]1. The lowest BCUT2D eigenvalue weighted by atomic mass is 10.1. The van der Waals surface area contributed by atoms with Gasteiger partial charge in [0, 0.05) is 12.1 Å². The van der Waals surface area contributed by atoms with Gasteiger partial charge in [-0.15, -0.1) is 0 Å². The molecular weight excluding hydrogens is 148 g/mol. The van der Waals surface area contributed by atoms with E-state index >= 15 is 0 Å². The van der Waals surface area contributed by atoms with Gasteiger partial charge in [-0.1, -0.05) is 27.7 Å². The van der Waals surface area contributed by atoms with Gasteiger partial charge in [-0.2, -0.15) is 0 Å². The summed E-state index contributed by atoms with van der Waals surface area (Å²) in [6.07, 6.45) is 0. The van der Waals surface area contributed by atoms with Crippen molar-refractivity contribution in [3.63, 3.8) is 0 Å². The maximum absolute atomic E-state index is 5.70. The highest BCUT2D eigenvalue weighted by atomic mass is 16.3. The average Bonchev–Trinajstić information content (AvgIpc) is 2.04. The molecule has 1 aromatic rings. The second kappa shape index (κ2) is 3.70. The molecule has 0 aliphatic carbocycles. The van der Waals surface area contributed by atoms with Gasteiger partial charge < -0.3 is 0 Å². The van der Waals surface area contributed by atoms with Crippen molar-refractivity contribution >= 4 is 0 Å². The molecule has 1 heteroatoms. The van der Waals surface area contributed by atoms with E-state index in [0.29, 0.717) is 11.8 Å². The summed E-state index contributed by atoms with van der Waals surface area (Å²) in [5.74, 6) is 3.09. The summed E-state index contributed by atoms with van der Waals surface area (Å²) in [5, 5.41) is 0. The van der Waals surface area contributed by atoms with Crippen molar-refractivity contribution in [3.8, 4) is 0 Å². The maximum Gasteiger partial charge on any atom is 0.331 e. The lowest BCUT2D eigenvalue weighted by Gasteiger charge is -1.96. The van der Waals surface area contributed by atoms with Gasteiger partial charge in [0.05, 0.1) is 11.8 Å². The van der Waals surface area contributed by atoms with E-state index in [-0.39, 0.29) is 0 Å². The van der Waals surface area contributed by atoms with Crippen molar-refractivity contribution in [2.45, 2.75) is 39.5 Å². The second-order valence-corrected chi connectivity index (χ2v) is 3.74. The molecule has 66 valence electrons. The summed E-state index contributed by atoms with van der Waals surface area (Å²) >= 11 is 0. The quantitative estimate of drug-likeness (QED) is 0.606. The number of rotatable bonds is 2. The summed E-state index contributed by atoms with van der Waals surface area (Å²) in [6, 6.07) is 6.14. The molecule has 0 fully saturated rings. The van der Waals surface area contributed by atoms with Crippen LogP contribution >= 0.6 is 0 Å². The van der Waals surface area contributed by atoms with Gasteiger partial charge in [-0.3, -0.25) is 0 Å². The lowest BCUT2D eigenvalue weighted by Crippen LogP contribution is -1.91. The normalized spacial score (nSPS) is 11.2. The molecule has 0 amide bonds. The van der Waals surface area contributed by atoms with Crippen LogP contribution in [0.3, 0.4) is 0 Å². The molecule has 0 spiro atoms. The van der Waals surface area contributed by atoms with Gasteiger partial charge in [-0.25, -0.2) is 4.42 Å². The summed E-state index contributed by atoms with van der Waals surface area (Å²) in [6.45, 7) is 8.57. The summed E-state index contributed by atoms with van der Waals surface area (Å²) in [7, 11) is 0. The lowest BCUT2D eigenvalue weighted by molar-refractivity contribution is 0.414. The third-order valence-corrected chi connectivity index (χ3v) is 1.89. The first-order valence-corrected chi connectivity index (χ1v) is 4.54. The van der Waals surface area contributed by atoms with Crippen LogP contribution < -0.4 is 0 Å². The van der Waals surface area contributed by atoms with Crippen LogP contribution in [0, 0.1) is 0 Å². The van der Waals surface area contributed by atoms with Crippen molar-refractivity contribution in [1.82, 2.24) is 0 Å². The van der Waals surface area contributed by atoms with Gasteiger partial charge in [0.2, 0.25) is 0 Å². The first kappa shape index (κ1) is 9.24. The molecule has 0 saturated carbocycles. The molecule has 1 heterocycles. The largest absolute Gasteiger partial charge is 0.331 e. The zero-order chi connectivity index (χ0) is 9.14. The Morgan fingerprint density at radius 2 is 1.33 bits per heavy atom. The predicted octanol–water partition coefficient (Wildman–Crippen LogP) is 3.81. The second-order valence-electron chi connectivity index (χ2n) is 3.74. The highest BCUT2D eigenvalue weighted by Gasteiger charge is 2.17. The van der Waals surface area contributed by atoms with Crippen LogP contribution in [-0.2, 0) is 0 Å². The molecule has 1 aromatic heterocycles. The highest BCUT2D eigenvalue weighted by molar-refractivity contribution is 5.10. The van der Waals surface area contributed by atoms with Crippen LogP contribution in [0.15, 0.2) is 22.6 Å². The van der Waals surface area contributed by atoms with E-state index in [4.69, 9.17) is 4.42 Å². The van der Waals surface area contributed by atoms with E-state index in [9.17, 15) is 0 Å². The molecule has 0 N–H and O–H groups in total. The van der Waals surface area contributed by atoms with E-state index in [1.165, 1.54) is 0 Å². The minimum atomic E-state index is 0.476. The molecule has 0 unspecified atom stereocenters. The van der Waals surface area contributed by atoms with Gasteiger partial charge in [0.15, 0.2) is 0 Å². The molecule has 0 aliphatic heterocycles. The van der Waals surface area contributed by atoms with Crippen LogP contribution in [-0.4, -0.2) is 0 Å². The Bertz CT molecular complexity index is 228. The fourth-order valence-corrected chi connectivity index (χ4v) is 1.06. The van der Waals surface area contributed by atoms with Crippen molar-refractivity contribution in [2.24, 2.45) is 0 Å². The Balaban J connectivity index is 2.96. The van der Waals surface area contributed by atoms with Crippen LogP contribution in [0.2, 0.25) is 0 Å². The van der Waals surface area contributed by atoms with Crippen LogP contribution in [0.5, 0.6) is 0 Å². The topological polar surface area (TPSA) is 11.3 Å². The molecule has 1 rings (SSSR count). The molecule has 12 heavy (non-hydrogen) atoms. The first-order chi connectivity index (χ1) is 5.61. The standard InChI is InChI=1S/C11H17O/c1-8(2)10-6-5-7-11(12-10)9(3)4/h5-9H,1-4H3/q+1. The Kier molecular flexibility index (Phi) is 2.85. The van der Waals surface area contributed by atoms with Crippen LogP contribution in [0.4, 0.5) is 0 Å². The monoisotopic (exact) mass is 165 g/mol. The molecule has 0 aromatic carbocycles. The van der Waals surface area contributed by atoms with Crippen LogP contribution in [0.25, 0.3) is 0 Å². The third kappa shape index (κ3) is 2.07. The molecule has 0 aliphatic rings. The smallest absolute Gasteiger partial charge is 0.217 e. The Hall–Kier alpha value is -0.850. The molecule has 0 saturated heterocycles. The minimum Gasteiger partial charge on any atom is -0.217 e. The van der Waals surface area contributed by atoms with Gasteiger partial charge in [-0.05, 0) is 6.07 Å². The Morgan fingerprint density at radius 3 is 1.67 bits per heavy atom. The maximum atomic E-state index is 5.70. The fourth-order valence-electron chi connectivity index (χ4n) is 1.06. The molecular formula is C11H17O+. The molecule has 1 nitrogen and oxygen atoms in total. The zero-order valence-corrected chi connectivity index (χ0v) is 8.29. The molecule has 0 radical (unpaired) electrons. The van der Waals surface area contributed by atoms with E-state index < -0.39 is 0 Å². The van der Waals surface area contributed by atoms with E-state index in [1.54, 1.807) is 0 Å². The summed E-state index contributed by atoms with van der Waals surface area (Å²) < 4.78 is 5.70.